The molecule has 2 aliphatic rings. The molecule has 0 radical (unpaired) electrons. The first kappa shape index (κ1) is 9.81. The molecule has 12 heavy (non-hydrogen) atoms. The van der Waals surface area contributed by atoms with Gasteiger partial charge in [0.1, 0.15) is 5.54 Å². The second-order valence-corrected chi connectivity index (χ2v) is 3.93. The number of aliphatic carboxylic acids is 1. The maximum Gasteiger partial charge on any atom is 0.323 e. The molecular weight excluding hydrogens is 178 g/mol. The van der Waals surface area contributed by atoms with Crippen LogP contribution in [0.15, 0.2) is 0 Å². The summed E-state index contributed by atoms with van der Waals surface area (Å²) in [5.41, 5.74) is 4.92. The Balaban J connectivity index is 0.000000720. The van der Waals surface area contributed by atoms with Gasteiger partial charge in [0.2, 0.25) is 0 Å². The molecule has 0 saturated heterocycles. The zero-order chi connectivity index (χ0) is 8.06. The summed E-state index contributed by atoms with van der Waals surface area (Å²) in [5.74, 6) is 0.0517. The van der Waals surface area contributed by atoms with Gasteiger partial charge in [-0.3, -0.25) is 4.79 Å². The summed E-state index contributed by atoms with van der Waals surface area (Å²) in [6, 6.07) is 0. The molecule has 0 heterocycles. The van der Waals surface area contributed by atoms with Crippen LogP contribution in [-0.4, -0.2) is 16.6 Å². The average Bonchev–Trinajstić information content (AvgIpc) is 2.45. The van der Waals surface area contributed by atoms with Crippen LogP contribution in [0.2, 0.25) is 0 Å². The van der Waals surface area contributed by atoms with Crippen molar-refractivity contribution < 1.29 is 9.90 Å². The van der Waals surface area contributed by atoms with Gasteiger partial charge in [-0.15, -0.1) is 12.4 Å². The van der Waals surface area contributed by atoms with Crippen molar-refractivity contribution in [3.8, 4) is 0 Å². The number of carboxylic acids is 1. The number of hydrogen-bond donors (Lipinski definition) is 2. The van der Waals surface area contributed by atoms with Crippen LogP contribution in [0.4, 0.5) is 0 Å². The molecule has 0 spiro atoms. The van der Waals surface area contributed by atoms with Crippen molar-refractivity contribution in [3.05, 3.63) is 0 Å². The highest BCUT2D eigenvalue weighted by atomic mass is 35.5. The van der Waals surface area contributed by atoms with E-state index in [2.05, 4.69) is 0 Å². The molecule has 3 unspecified atom stereocenters. The normalized spacial score (nSPS) is 44.1. The average molecular weight is 192 g/mol. The van der Waals surface area contributed by atoms with Crippen molar-refractivity contribution in [2.24, 2.45) is 17.6 Å². The minimum Gasteiger partial charge on any atom is -0.480 e. The Bertz CT molecular complexity index is 209. The van der Waals surface area contributed by atoms with Gasteiger partial charge < -0.3 is 10.8 Å². The largest absolute Gasteiger partial charge is 0.480 e. The van der Waals surface area contributed by atoms with Crippen LogP contribution >= 0.6 is 12.4 Å². The molecule has 0 aromatic heterocycles. The lowest BCUT2D eigenvalue weighted by molar-refractivity contribution is -0.145. The van der Waals surface area contributed by atoms with Crippen LogP contribution in [0.1, 0.15) is 25.7 Å². The quantitative estimate of drug-likeness (QED) is 0.650. The van der Waals surface area contributed by atoms with Crippen molar-refractivity contribution in [2.45, 2.75) is 31.2 Å². The molecule has 0 aliphatic heterocycles. The number of hydrogen-bond acceptors (Lipinski definition) is 2. The molecule has 0 aromatic rings. The molecule has 0 amide bonds. The van der Waals surface area contributed by atoms with Gasteiger partial charge in [-0.2, -0.15) is 0 Å². The molecule has 2 saturated carbocycles. The lowest BCUT2D eigenvalue weighted by atomic mass is 9.82. The highest BCUT2D eigenvalue weighted by molar-refractivity contribution is 5.85. The van der Waals surface area contributed by atoms with Crippen LogP contribution < -0.4 is 5.73 Å². The van der Waals surface area contributed by atoms with Crippen molar-refractivity contribution >= 4 is 18.4 Å². The highest BCUT2D eigenvalue weighted by Crippen LogP contribution is 2.49. The van der Waals surface area contributed by atoms with Gasteiger partial charge in [0, 0.05) is 0 Å². The van der Waals surface area contributed by atoms with Crippen LogP contribution in [0.25, 0.3) is 0 Å². The number of rotatable bonds is 1. The van der Waals surface area contributed by atoms with E-state index in [1.165, 1.54) is 6.42 Å². The fourth-order valence-electron chi connectivity index (χ4n) is 2.63. The van der Waals surface area contributed by atoms with Gasteiger partial charge in [-0.1, -0.05) is 6.42 Å². The van der Waals surface area contributed by atoms with Crippen LogP contribution in [0.3, 0.4) is 0 Å². The molecule has 3 nitrogen and oxygen atoms in total. The predicted octanol–water partition coefficient (Wildman–Crippen LogP) is 1.01. The van der Waals surface area contributed by atoms with Crippen molar-refractivity contribution in [2.75, 3.05) is 0 Å². The predicted molar refractivity (Wildman–Crippen MR) is 47.3 cm³/mol. The Kier molecular flexibility index (Phi) is 2.36. The Morgan fingerprint density at radius 2 is 2.17 bits per heavy atom. The topological polar surface area (TPSA) is 63.3 Å². The Morgan fingerprint density at radius 3 is 2.42 bits per heavy atom. The molecule has 2 aliphatic carbocycles. The van der Waals surface area contributed by atoms with Gasteiger partial charge in [0.25, 0.3) is 0 Å². The second-order valence-electron chi connectivity index (χ2n) is 3.93. The smallest absolute Gasteiger partial charge is 0.323 e. The van der Waals surface area contributed by atoms with Crippen LogP contribution in [0, 0.1) is 11.8 Å². The van der Waals surface area contributed by atoms with Gasteiger partial charge in [-0.25, -0.2) is 0 Å². The first-order valence-electron chi connectivity index (χ1n) is 4.15. The van der Waals surface area contributed by atoms with Crippen LogP contribution in [-0.2, 0) is 4.79 Å². The number of fused-ring (bicyclic) bond motifs is 2. The Morgan fingerprint density at radius 1 is 1.50 bits per heavy atom. The van der Waals surface area contributed by atoms with Crippen molar-refractivity contribution in [1.82, 2.24) is 0 Å². The molecule has 2 rings (SSSR count). The summed E-state index contributed by atoms with van der Waals surface area (Å²) in [6.45, 7) is 0. The van der Waals surface area contributed by atoms with Gasteiger partial charge >= 0.3 is 5.97 Å². The fraction of sp³-hybridized carbons (Fsp3) is 0.875. The Hall–Kier alpha value is -0.280. The number of halogens is 1. The van der Waals surface area contributed by atoms with Gasteiger partial charge in [-0.05, 0) is 31.1 Å². The lowest BCUT2D eigenvalue weighted by Crippen LogP contribution is -2.52. The monoisotopic (exact) mass is 191 g/mol. The molecule has 70 valence electrons. The minimum atomic E-state index is -0.872. The molecule has 2 bridgehead atoms. The van der Waals surface area contributed by atoms with E-state index < -0.39 is 11.5 Å². The van der Waals surface area contributed by atoms with Crippen molar-refractivity contribution in [1.29, 1.82) is 0 Å². The standard InChI is InChI=1S/C8H13NO2.ClH/c9-8(7(10)11)4-5-1-2-6(8)3-5;/h5-6H,1-4,9H2,(H,10,11);1H. The molecular formula is C8H14ClNO2. The zero-order valence-corrected chi connectivity index (χ0v) is 7.64. The highest BCUT2D eigenvalue weighted by Gasteiger charge is 2.53. The maximum absolute atomic E-state index is 10.8. The molecule has 2 fully saturated rings. The summed E-state index contributed by atoms with van der Waals surface area (Å²) in [6.07, 6.45) is 3.96. The number of carbonyl (C=O) groups is 1. The second kappa shape index (κ2) is 2.89. The summed E-state index contributed by atoms with van der Waals surface area (Å²) >= 11 is 0. The molecule has 0 aromatic carbocycles. The first-order chi connectivity index (χ1) is 5.13. The zero-order valence-electron chi connectivity index (χ0n) is 6.82. The van der Waals surface area contributed by atoms with E-state index >= 15 is 0 Å². The molecule has 4 heteroatoms. The fourth-order valence-corrected chi connectivity index (χ4v) is 2.63. The van der Waals surface area contributed by atoms with E-state index in [-0.39, 0.29) is 18.3 Å². The minimum absolute atomic E-state index is 0. The van der Waals surface area contributed by atoms with E-state index in [0.717, 1.165) is 12.8 Å². The summed E-state index contributed by atoms with van der Waals surface area (Å²) in [4.78, 5) is 10.8. The lowest BCUT2D eigenvalue weighted by Gasteiger charge is -2.28. The van der Waals surface area contributed by atoms with E-state index in [9.17, 15) is 4.79 Å². The third-order valence-electron chi connectivity index (χ3n) is 3.29. The number of nitrogens with two attached hydrogens (primary N) is 1. The van der Waals surface area contributed by atoms with Crippen LogP contribution in [0.5, 0.6) is 0 Å². The number of carboxylic acid groups (broad SMARTS) is 1. The van der Waals surface area contributed by atoms with Gasteiger partial charge in [0.15, 0.2) is 0 Å². The summed E-state index contributed by atoms with van der Waals surface area (Å²) < 4.78 is 0. The third-order valence-corrected chi connectivity index (χ3v) is 3.29. The van der Waals surface area contributed by atoms with Crippen molar-refractivity contribution in [3.63, 3.8) is 0 Å². The Labute approximate surface area is 77.7 Å². The summed E-state index contributed by atoms with van der Waals surface area (Å²) in [5, 5.41) is 8.87. The van der Waals surface area contributed by atoms with E-state index in [4.69, 9.17) is 10.8 Å². The van der Waals surface area contributed by atoms with E-state index in [1.807, 2.05) is 0 Å². The molecule has 3 atom stereocenters. The van der Waals surface area contributed by atoms with Gasteiger partial charge in [0.05, 0.1) is 0 Å². The third kappa shape index (κ3) is 1.12. The van der Waals surface area contributed by atoms with E-state index in [1.54, 1.807) is 0 Å². The SMILES string of the molecule is Cl.NC1(C(=O)O)CC2CCC1C2. The first-order valence-corrected chi connectivity index (χ1v) is 4.15. The molecule has 3 N–H and O–H groups in total. The maximum atomic E-state index is 10.8. The summed E-state index contributed by atoms with van der Waals surface area (Å²) in [7, 11) is 0. The van der Waals surface area contributed by atoms with E-state index in [0.29, 0.717) is 12.3 Å².